The Bertz CT molecular complexity index is 742. The molecular weight excluding hydrogens is 376 g/mol. The first-order chi connectivity index (χ1) is 12.5. The van der Waals surface area contributed by atoms with Gasteiger partial charge in [-0.15, -0.1) is 0 Å². The third kappa shape index (κ3) is 5.17. The largest absolute Gasteiger partial charge is 0.322 e. The van der Waals surface area contributed by atoms with Crippen LogP contribution in [0.5, 0.6) is 0 Å². The van der Waals surface area contributed by atoms with Crippen molar-refractivity contribution in [1.29, 1.82) is 0 Å². The molecule has 1 saturated heterocycles. The van der Waals surface area contributed by atoms with Gasteiger partial charge in [-0.05, 0) is 29.8 Å². The Labute approximate surface area is 162 Å². The Morgan fingerprint density at radius 3 is 2.15 bits per heavy atom. The predicted octanol–water partition coefficient (Wildman–Crippen LogP) is 3.89. The van der Waals surface area contributed by atoms with Gasteiger partial charge < -0.3 is 5.32 Å². The molecule has 2 aromatic rings. The number of amides is 1. The summed E-state index contributed by atoms with van der Waals surface area (Å²) in [5, 5.41) is 3.64. The van der Waals surface area contributed by atoms with Crippen molar-refractivity contribution < 1.29 is 9.18 Å². The van der Waals surface area contributed by atoms with Crippen LogP contribution in [0.1, 0.15) is 5.56 Å². The lowest BCUT2D eigenvalue weighted by atomic mass is 10.2. The Morgan fingerprint density at radius 2 is 1.54 bits per heavy atom. The number of hydrogen-bond donors (Lipinski definition) is 1. The second kappa shape index (κ2) is 8.82. The zero-order valence-electron chi connectivity index (χ0n) is 14.2. The number of para-hydroxylation sites is 1. The molecule has 1 aliphatic heterocycles. The molecule has 0 spiro atoms. The van der Waals surface area contributed by atoms with Crippen LogP contribution < -0.4 is 5.32 Å². The van der Waals surface area contributed by atoms with Crippen LogP contribution in [0.25, 0.3) is 0 Å². The highest BCUT2D eigenvalue weighted by Gasteiger charge is 2.20. The zero-order valence-corrected chi connectivity index (χ0v) is 15.7. The molecule has 0 atom stereocenters. The van der Waals surface area contributed by atoms with E-state index < -0.39 is 0 Å². The van der Waals surface area contributed by atoms with Crippen molar-refractivity contribution in [3.05, 3.63) is 63.9 Å². The third-order valence-corrected chi connectivity index (χ3v) is 5.01. The number of hydrogen-bond acceptors (Lipinski definition) is 3. The van der Waals surface area contributed by atoms with Crippen LogP contribution in [0, 0.1) is 5.82 Å². The summed E-state index contributed by atoms with van der Waals surface area (Å²) in [6, 6.07) is 11.7. The van der Waals surface area contributed by atoms with Gasteiger partial charge in [-0.3, -0.25) is 14.6 Å². The van der Waals surface area contributed by atoms with Gasteiger partial charge >= 0.3 is 0 Å². The van der Waals surface area contributed by atoms with Gasteiger partial charge in [-0.1, -0.05) is 41.4 Å². The number of piperazine rings is 1. The van der Waals surface area contributed by atoms with Crippen LogP contribution in [0.4, 0.5) is 10.1 Å². The lowest BCUT2D eigenvalue weighted by Gasteiger charge is -2.34. The van der Waals surface area contributed by atoms with Gasteiger partial charge in [0.15, 0.2) is 0 Å². The van der Waals surface area contributed by atoms with E-state index in [1.165, 1.54) is 12.1 Å². The topological polar surface area (TPSA) is 35.6 Å². The molecule has 0 bridgehead atoms. The molecule has 0 radical (unpaired) electrons. The Morgan fingerprint density at radius 1 is 0.962 bits per heavy atom. The standard InChI is InChI=1S/C19H20Cl2FN3O/c20-16-2-1-3-17(21)19(16)23-18(26)13-25-10-8-24(9-11-25)12-14-4-6-15(22)7-5-14/h1-7H,8-13H2,(H,23,26). The first-order valence-corrected chi connectivity index (χ1v) is 9.20. The molecule has 1 N–H and O–H groups in total. The summed E-state index contributed by atoms with van der Waals surface area (Å²) in [5.41, 5.74) is 1.54. The van der Waals surface area contributed by atoms with Gasteiger partial charge in [0.25, 0.3) is 0 Å². The van der Waals surface area contributed by atoms with Crippen molar-refractivity contribution in [2.75, 3.05) is 38.0 Å². The molecule has 26 heavy (non-hydrogen) atoms. The third-order valence-electron chi connectivity index (χ3n) is 4.38. The van der Waals surface area contributed by atoms with Gasteiger partial charge in [-0.2, -0.15) is 0 Å². The predicted molar refractivity (Wildman–Crippen MR) is 103 cm³/mol. The molecule has 0 saturated carbocycles. The monoisotopic (exact) mass is 395 g/mol. The second-order valence-corrected chi connectivity index (χ2v) is 7.14. The number of carbonyl (C=O) groups is 1. The van der Waals surface area contributed by atoms with E-state index in [2.05, 4.69) is 15.1 Å². The number of anilines is 1. The summed E-state index contributed by atoms with van der Waals surface area (Å²) in [5.74, 6) is -0.352. The van der Waals surface area contributed by atoms with E-state index in [1.54, 1.807) is 18.2 Å². The maximum Gasteiger partial charge on any atom is 0.238 e. The molecule has 1 aliphatic rings. The van der Waals surface area contributed by atoms with Gasteiger partial charge in [0.05, 0.1) is 22.3 Å². The molecule has 138 valence electrons. The summed E-state index contributed by atoms with van der Waals surface area (Å²) >= 11 is 12.2. The van der Waals surface area contributed by atoms with Gasteiger partial charge in [0.2, 0.25) is 5.91 Å². The Kier molecular flexibility index (Phi) is 6.48. The van der Waals surface area contributed by atoms with Gasteiger partial charge in [0, 0.05) is 32.7 Å². The highest BCUT2D eigenvalue weighted by atomic mass is 35.5. The number of benzene rings is 2. The molecule has 0 aliphatic carbocycles. The minimum Gasteiger partial charge on any atom is -0.322 e. The fraction of sp³-hybridized carbons (Fsp3) is 0.316. The van der Waals surface area contributed by atoms with Crippen molar-refractivity contribution in [3.63, 3.8) is 0 Å². The zero-order chi connectivity index (χ0) is 18.5. The average Bonchev–Trinajstić information content (AvgIpc) is 2.62. The van der Waals surface area contributed by atoms with E-state index in [-0.39, 0.29) is 11.7 Å². The minimum absolute atomic E-state index is 0.132. The lowest BCUT2D eigenvalue weighted by molar-refractivity contribution is -0.117. The van der Waals surface area contributed by atoms with E-state index >= 15 is 0 Å². The number of nitrogens with one attached hydrogen (secondary N) is 1. The maximum absolute atomic E-state index is 13.0. The average molecular weight is 396 g/mol. The highest BCUT2D eigenvalue weighted by Crippen LogP contribution is 2.29. The van der Waals surface area contributed by atoms with Gasteiger partial charge in [0.1, 0.15) is 5.82 Å². The SMILES string of the molecule is O=C(CN1CCN(Cc2ccc(F)cc2)CC1)Nc1c(Cl)cccc1Cl. The van der Waals surface area contributed by atoms with Crippen molar-refractivity contribution in [2.24, 2.45) is 0 Å². The van der Waals surface area contributed by atoms with Crippen LogP contribution in [-0.2, 0) is 11.3 Å². The fourth-order valence-electron chi connectivity index (χ4n) is 2.95. The summed E-state index contributed by atoms with van der Waals surface area (Å²) in [7, 11) is 0. The van der Waals surface area contributed by atoms with E-state index in [4.69, 9.17) is 23.2 Å². The number of nitrogens with zero attached hydrogens (tertiary/aromatic N) is 2. The lowest BCUT2D eigenvalue weighted by Crippen LogP contribution is -2.48. The maximum atomic E-state index is 13.0. The summed E-state index contributed by atoms with van der Waals surface area (Å²) < 4.78 is 13.0. The van der Waals surface area contributed by atoms with E-state index in [1.807, 2.05) is 12.1 Å². The normalized spacial score (nSPS) is 15.8. The van der Waals surface area contributed by atoms with Crippen LogP contribution in [0.15, 0.2) is 42.5 Å². The summed E-state index contributed by atoms with van der Waals surface area (Å²) in [6.07, 6.45) is 0. The van der Waals surface area contributed by atoms with Crippen LogP contribution >= 0.6 is 23.2 Å². The molecule has 1 fully saturated rings. The molecule has 0 unspecified atom stereocenters. The van der Waals surface area contributed by atoms with Crippen LogP contribution in [0.2, 0.25) is 10.0 Å². The van der Waals surface area contributed by atoms with E-state index in [0.717, 1.165) is 38.3 Å². The Hall–Kier alpha value is -1.66. The molecule has 3 rings (SSSR count). The fourth-order valence-corrected chi connectivity index (χ4v) is 3.44. The molecule has 4 nitrogen and oxygen atoms in total. The quantitative estimate of drug-likeness (QED) is 0.833. The first-order valence-electron chi connectivity index (χ1n) is 8.44. The smallest absolute Gasteiger partial charge is 0.238 e. The van der Waals surface area contributed by atoms with Gasteiger partial charge in [-0.25, -0.2) is 4.39 Å². The number of rotatable bonds is 5. The van der Waals surface area contributed by atoms with Crippen LogP contribution in [-0.4, -0.2) is 48.4 Å². The van der Waals surface area contributed by atoms with Crippen molar-refractivity contribution >= 4 is 34.8 Å². The first kappa shape index (κ1) is 19.1. The van der Waals surface area contributed by atoms with Crippen molar-refractivity contribution in [1.82, 2.24) is 9.80 Å². The second-order valence-electron chi connectivity index (χ2n) is 6.32. The summed E-state index contributed by atoms with van der Waals surface area (Å²) in [4.78, 5) is 16.7. The number of halogens is 3. The molecule has 2 aromatic carbocycles. The van der Waals surface area contributed by atoms with Crippen LogP contribution in [0.3, 0.4) is 0 Å². The summed E-state index contributed by atoms with van der Waals surface area (Å²) in [6.45, 7) is 4.40. The molecule has 1 amide bonds. The molecular formula is C19H20Cl2FN3O. The highest BCUT2D eigenvalue weighted by molar-refractivity contribution is 6.39. The minimum atomic E-state index is -0.219. The van der Waals surface area contributed by atoms with Crippen molar-refractivity contribution in [2.45, 2.75) is 6.54 Å². The molecule has 7 heteroatoms. The van der Waals surface area contributed by atoms with E-state index in [0.29, 0.717) is 22.3 Å². The van der Waals surface area contributed by atoms with Crippen molar-refractivity contribution in [3.8, 4) is 0 Å². The number of carbonyl (C=O) groups excluding carboxylic acids is 1. The Balaban J connectivity index is 1.46. The molecule has 0 aromatic heterocycles. The van der Waals surface area contributed by atoms with E-state index in [9.17, 15) is 9.18 Å². The molecule has 1 heterocycles.